The topological polar surface area (TPSA) is 196 Å². The molecule has 12 heteroatoms. The number of aliphatic hydroxyl groups excluding tert-OH is 6. The van der Waals surface area contributed by atoms with Crippen molar-refractivity contribution in [3.05, 3.63) is 11.6 Å². The van der Waals surface area contributed by atoms with E-state index < -0.39 is 78.2 Å². The highest BCUT2D eigenvalue weighted by molar-refractivity contribution is 5.76. The van der Waals surface area contributed by atoms with Crippen molar-refractivity contribution in [1.29, 1.82) is 0 Å². The minimum Gasteiger partial charge on any atom is -0.481 e. The maximum absolute atomic E-state index is 13.0. The zero-order chi connectivity index (χ0) is 38.7. The van der Waals surface area contributed by atoms with Gasteiger partial charge in [-0.05, 0) is 111 Å². The second-order valence-electron chi connectivity index (χ2n) is 20.0. The first kappa shape index (κ1) is 40.0. The highest BCUT2D eigenvalue weighted by atomic mass is 16.8. The third kappa shape index (κ3) is 5.85. The third-order valence-electron chi connectivity index (χ3n) is 17.0. The van der Waals surface area contributed by atoms with E-state index in [1.807, 2.05) is 0 Å². The summed E-state index contributed by atoms with van der Waals surface area (Å²) in [6, 6.07) is 0. The van der Waals surface area contributed by atoms with Crippen LogP contribution < -0.4 is 0 Å². The number of rotatable bonds is 6. The Bertz CT molecular complexity index is 1440. The first-order chi connectivity index (χ1) is 24.7. The van der Waals surface area contributed by atoms with E-state index >= 15 is 0 Å². The second-order valence-corrected chi connectivity index (χ2v) is 20.0. The van der Waals surface area contributed by atoms with Crippen molar-refractivity contribution >= 4 is 5.97 Å². The van der Waals surface area contributed by atoms with Crippen LogP contribution in [0.4, 0.5) is 0 Å². The molecule has 53 heavy (non-hydrogen) atoms. The van der Waals surface area contributed by atoms with Crippen molar-refractivity contribution in [1.82, 2.24) is 0 Å². The Morgan fingerprint density at radius 3 is 2.21 bits per heavy atom. The molecule has 2 heterocycles. The van der Waals surface area contributed by atoms with Crippen molar-refractivity contribution in [3.63, 3.8) is 0 Å². The average molecular weight is 751 g/mol. The lowest BCUT2D eigenvalue weighted by atomic mass is 9.33. The molecule has 0 bridgehead atoms. The van der Waals surface area contributed by atoms with Crippen molar-refractivity contribution in [2.24, 2.45) is 50.2 Å². The summed E-state index contributed by atoms with van der Waals surface area (Å²) in [4.78, 5) is 13.0. The molecule has 7 N–H and O–H groups in total. The Labute approximate surface area is 314 Å². The monoisotopic (exact) mass is 750 g/mol. The number of carboxylic acid groups (broad SMARTS) is 1. The second kappa shape index (κ2) is 13.5. The van der Waals surface area contributed by atoms with Gasteiger partial charge in [-0.15, -0.1) is 0 Å². The van der Waals surface area contributed by atoms with Gasteiger partial charge in [0.25, 0.3) is 0 Å². The molecule has 0 unspecified atom stereocenters. The summed E-state index contributed by atoms with van der Waals surface area (Å²) in [6.45, 7) is 15.1. The standard InChI is InChI=1S/C41H66O12/c1-21-28(44)30(46)31(47)33(51-21)53-32-29(45)24(43)19-50-34(32)52-27-11-12-37(4)25(38(27,5)20-42)10-13-40(7)26(37)9-8-22-23-18-36(2,3)14-16-41(23,35(48)49)17-15-39(22,40)6/h8,21,23-34,42-47H,9-20H2,1-7H3,(H,48,49)/t21-,23-,24-,25+,26+,27-,28-,29-,30+,31+,32+,33+,34+,37-,38-,39+,40+,41-/m0/s1. The van der Waals surface area contributed by atoms with Crippen LogP contribution in [0, 0.1) is 50.2 Å². The molecule has 5 aliphatic carbocycles. The van der Waals surface area contributed by atoms with Crippen LogP contribution in [0.3, 0.4) is 0 Å². The maximum Gasteiger partial charge on any atom is 0.310 e. The predicted octanol–water partition coefficient (Wildman–Crippen LogP) is 3.52. The van der Waals surface area contributed by atoms with Gasteiger partial charge in [-0.3, -0.25) is 4.79 Å². The fourth-order valence-corrected chi connectivity index (χ4v) is 13.3. The molecule has 0 radical (unpaired) electrons. The van der Waals surface area contributed by atoms with Gasteiger partial charge in [0.15, 0.2) is 12.6 Å². The minimum absolute atomic E-state index is 0.0360. The number of fused-ring (bicyclic) bond motifs is 7. The van der Waals surface area contributed by atoms with Gasteiger partial charge in [0.05, 0.1) is 30.8 Å². The van der Waals surface area contributed by atoms with E-state index in [-0.39, 0.29) is 46.7 Å². The Morgan fingerprint density at radius 2 is 1.53 bits per heavy atom. The number of hydrogen-bond acceptors (Lipinski definition) is 11. The number of carbonyl (C=O) groups is 1. The number of ether oxygens (including phenoxy) is 4. The number of aliphatic hydroxyl groups is 6. The molecule has 18 atom stereocenters. The number of carboxylic acids is 1. The lowest BCUT2D eigenvalue weighted by Gasteiger charge is -2.71. The fourth-order valence-electron chi connectivity index (χ4n) is 13.3. The highest BCUT2D eigenvalue weighted by Crippen LogP contribution is 2.76. The fraction of sp³-hybridized carbons (Fsp3) is 0.927. The molecule has 7 aliphatic rings. The molecule has 0 amide bonds. The van der Waals surface area contributed by atoms with E-state index in [0.717, 1.165) is 51.4 Å². The first-order valence-corrected chi connectivity index (χ1v) is 20.2. The minimum atomic E-state index is -1.62. The molecule has 302 valence electrons. The summed E-state index contributed by atoms with van der Waals surface area (Å²) in [5, 5.41) is 74.9. The van der Waals surface area contributed by atoms with E-state index in [1.165, 1.54) is 12.5 Å². The quantitative estimate of drug-likeness (QED) is 0.155. The molecule has 0 aromatic carbocycles. The normalized spacial score (nSPS) is 55.1. The van der Waals surface area contributed by atoms with Gasteiger partial charge in [-0.2, -0.15) is 0 Å². The average Bonchev–Trinajstić information content (AvgIpc) is 3.10. The number of hydrogen-bond donors (Lipinski definition) is 7. The summed E-state index contributed by atoms with van der Waals surface area (Å²) < 4.78 is 24.3. The van der Waals surface area contributed by atoms with Crippen molar-refractivity contribution in [2.75, 3.05) is 13.2 Å². The van der Waals surface area contributed by atoms with Crippen LogP contribution in [0.5, 0.6) is 0 Å². The van der Waals surface area contributed by atoms with Gasteiger partial charge in [0.1, 0.15) is 36.6 Å². The SMILES string of the molecule is C[C@@H]1O[C@H](O[C@H]2[C@@H](O[C@H]3CC[C@@]4(C)[C@@H](CC[C@]5(C)[C@@H]4CC=C4[C@@H]6CC(C)(C)CC[C@]6(C(=O)O)CC[C@]45C)[C@]3(C)CO)OC[C@H](O)[C@@H]2O)[C@H](O)[C@H](O)[C@H]1O. The van der Waals surface area contributed by atoms with E-state index in [4.69, 9.17) is 18.9 Å². The summed E-state index contributed by atoms with van der Waals surface area (Å²) in [5.74, 6) is -0.194. The highest BCUT2D eigenvalue weighted by Gasteiger charge is 2.70. The third-order valence-corrected chi connectivity index (χ3v) is 17.0. The summed E-state index contributed by atoms with van der Waals surface area (Å²) >= 11 is 0. The summed E-state index contributed by atoms with van der Waals surface area (Å²) in [7, 11) is 0. The molecule has 4 saturated carbocycles. The molecular formula is C41H66O12. The molecule has 2 aliphatic heterocycles. The lowest BCUT2D eigenvalue weighted by Crippen LogP contribution is -2.67. The van der Waals surface area contributed by atoms with Crippen LogP contribution in [-0.2, 0) is 23.7 Å². The van der Waals surface area contributed by atoms with Crippen LogP contribution in [0.15, 0.2) is 11.6 Å². The van der Waals surface area contributed by atoms with Crippen LogP contribution in [-0.4, -0.2) is 116 Å². The van der Waals surface area contributed by atoms with Crippen LogP contribution in [0.25, 0.3) is 0 Å². The van der Waals surface area contributed by atoms with Crippen molar-refractivity contribution < 1.29 is 59.5 Å². The summed E-state index contributed by atoms with van der Waals surface area (Å²) in [5.41, 5.74) is -0.239. The Kier molecular flexibility index (Phi) is 10.2. The molecule has 12 nitrogen and oxygen atoms in total. The largest absolute Gasteiger partial charge is 0.481 e. The van der Waals surface area contributed by atoms with Crippen LogP contribution >= 0.6 is 0 Å². The molecule has 0 aromatic rings. The van der Waals surface area contributed by atoms with Gasteiger partial charge in [0.2, 0.25) is 0 Å². The van der Waals surface area contributed by atoms with Crippen molar-refractivity contribution in [3.8, 4) is 0 Å². The number of allylic oxidation sites excluding steroid dienone is 2. The molecular weight excluding hydrogens is 684 g/mol. The Morgan fingerprint density at radius 1 is 0.830 bits per heavy atom. The zero-order valence-corrected chi connectivity index (χ0v) is 32.7. The Balaban J connectivity index is 1.15. The predicted molar refractivity (Wildman–Crippen MR) is 192 cm³/mol. The number of aliphatic carboxylic acids is 1. The maximum atomic E-state index is 13.0. The molecule has 6 fully saturated rings. The van der Waals surface area contributed by atoms with E-state index in [1.54, 1.807) is 0 Å². The van der Waals surface area contributed by atoms with Crippen LogP contribution in [0.2, 0.25) is 0 Å². The molecule has 2 saturated heterocycles. The van der Waals surface area contributed by atoms with E-state index in [2.05, 4.69) is 47.6 Å². The summed E-state index contributed by atoms with van der Waals surface area (Å²) in [6.07, 6.45) is -1.79. The molecule has 0 spiro atoms. The van der Waals surface area contributed by atoms with Crippen LogP contribution in [0.1, 0.15) is 113 Å². The van der Waals surface area contributed by atoms with Gasteiger partial charge in [-0.1, -0.05) is 53.2 Å². The molecule has 0 aromatic heterocycles. The zero-order valence-electron chi connectivity index (χ0n) is 32.7. The molecule has 7 rings (SSSR count). The van der Waals surface area contributed by atoms with Gasteiger partial charge < -0.3 is 54.7 Å². The van der Waals surface area contributed by atoms with Gasteiger partial charge in [-0.25, -0.2) is 0 Å². The van der Waals surface area contributed by atoms with Crippen molar-refractivity contribution in [2.45, 2.75) is 174 Å². The van der Waals surface area contributed by atoms with Gasteiger partial charge in [0, 0.05) is 5.41 Å². The van der Waals surface area contributed by atoms with Gasteiger partial charge >= 0.3 is 5.97 Å². The smallest absolute Gasteiger partial charge is 0.310 e. The Hall–Kier alpha value is -1.19. The van der Waals surface area contributed by atoms with E-state index in [0.29, 0.717) is 18.8 Å². The first-order valence-electron chi connectivity index (χ1n) is 20.2. The van der Waals surface area contributed by atoms with E-state index in [9.17, 15) is 40.5 Å². The lowest BCUT2D eigenvalue weighted by molar-refractivity contribution is -0.365.